The molecule has 7 nitrogen and oxygen atoms in total. The molecule has 1 aliphatic rings. The van der Waals surface area contributed by atoms with E-state index in [0.717, 1.165) is 42.7 Å². The number of hydrogen-bond donors (Lipinski definition) is 2. The number of amides is 1. The molecule has 1 fully saturated rings. The number of carbonyl (C=O) groups is 1. The monoisotopic (exact) mass is 358 g/mol. The maximum absolute atomic E-state index is 12.7. The molecule has 0 radical (unpaired) electrons. The van der Waals surface area contributed by atoms with Crippen LogP contribution in [0.1, 0.15) is 23.3 Å². The maximum atomic E-state index is 12.7. The Bertz CT molecular complexity index is 917. The van der Waals surface area contributed by atoms with Crippen LogP contribution < -0.4 is 10.2 Å². The van der Waals surface area contributed by atoms with Crippen molar-refractivity contribution in [2.75, 3.05) is 18.0 Å². The van der Waals surface area contributed by atoms with E-state index >= 15 is 0 Å². The normalized spacial score (nSPS) is 17.8. The van der Waals surface area contributed by atoms with Gasteiger partial charge in [0.1, 0.15) is 5.82 Å². The average molecular weight is 359 g/mol. The number of H-pyrrole nitrogens is 1. The van der Waals surface area contributed by atoms with Gasteiger partial charge in [-0.2, -0.15) is 10.2 Å². The second-order valence-electron chi connectivity index (χ2n) is 6.33. The van der Waals surface area contributed by atoms with Gasteiger partial charge in [0.25, 0.3) is 5.91 Å². The molecule has 0 bridgehead atoms. The predicted molar refractivity (Wildman–Crippen MR) is 97.0 cm³/mol. The summed E-state index contributed by atoms with van der Waals surface area (Å²) in [6.45, 7) is 1.72. The zero-order chi connectivity index (χ0) is 17.4. The van der Waals surface area contributed by atoms with Crippen molar-refractivity contribution in [3.05, 3.63) is 41.2 Å². The van der Waals surface area contributed by atoms with Gasteiger partial charge in [-0.1, -0.05) is 11.6 Å². The highest BCUT2D eigenvalue weighted by Crippen LogP contribution is 2.22. The minimum atomic E-state index is -0.176. The number of rotatable bonds is 3. The molecule has 8 heteroatoms. The molecule has 1 saturated heterocycles. The van der Waals surface area contributed by atoms with Crippen molar-refractivity contribution in [1.29, 1.82) is 0 Å². The maximum Gasteiger partial charge on any atom is 0.272 e. The zero-order valence-corrected chi connectivity index (χ0v) is 14.6. The largest absolute Gasteiger partial charge is 0.355 e. The summed E-state index contributed by atoms with van der Waals surface area (Å²) in [4.78, 5) is 14.9. The van der Waals surface area contributed by atoms with Crippen LogP contribution >= 0.6 is 11.6 Å². The number of anilines is 1. The van der Waals surface area contributed by atoms with Gasteiger partial charge in [0.15, 0.2) is 5.69 Å². The first kappa shape index (κ1) is 16.0. The minimum absolute atomic E-state index is 0.0714. The number of nitrogens with one attached hydrogen (secondary N) is 2. The number of halogens is 1. The number of aryl methyl sites for hydroxylation is 1. The number of nitrogens with zero attached hydrogens (tertiary/aromatic N) is 4. The number of benzene rings is 1. The highest BCUT2D eigenvalue weighted by Gasteiger charge is 2.25. The molecule has 130 valence electrons. The minimum Gasteiger partial charge on any atom is -0.355 e. The van der Waals surface area contributed by atoms with Crippen molar-refractivity contribution >= 4 is 34.2 Å². The Labute approximate surface area is 149 Å². The van der Waals surface area contributed by atoms with Crippen LogP contribution in [0.4, 0.5) is 5.82 Å². The molecular formula is C17H19ClN6O. The van der Waals surface area contributed by atoms with Crippen molar-refractivity contribution in [3.63, 3.8) is 0 Å². The molecular weight excluding hydrogens is 340 g/mol. The summed E-state index contributed by atoms with van der Waals surface area (Å²) in [5, 5.41) is 15.7. The Morgan fingerprint density at radius 3 is 3.08 bits per heavy atom. The first-order chi connectivity index (χ1) is 12.1. The molecule has 1 unspecified atom stereocenters. The van der Waals surface area contributed by atoms with Gasteiger partial charge in [-0.3, -0.25) is 14.6 Å². The number of aromatic nitrogens is 4. The topological polar surface area (TPSA) is 78.8 Å². The number of piperidine rings is 1. The molecule has 1 aromatic carbocycles. The van der Waals surface area contributed by atoms with E-state index in [0.29, 0.717) is 10.7 Å². The van der Waals surface area contributed by atoms with Crippen LogP contribution in [0.25, 0.3) is 10.9 Å². The van der Waals surface area contributed by atoms with Gasteiger partial charge in [0.05, 0.1) is 11.7 Å². The summed E-state index contributed by atoms with van der Waals surface area (Å²) >= 11 is 6.05. The lowest BCUT2D eigenvalue weighted by Crippen LogP contribution is -2.48. The Morgan fingerprint density at radius 2 is 2.28 bits per heavy atom. The molecule has 4 rings (SSSR count). The second-order valence-corrected chi connectivity index (χ2v) is 6.77. The fraction of sp³-hybridized carbons (Fsp3) is 0.353. The van der Waals surface area contributed by atoms with Crippen LogP contribution in [0.5, 0.6) is 0 Å². The van der Waals surface area contributed by atoms with Gasteiger partial charge in [-0.15, -0.1) is 0 Å². The quantitative estimate of drug-likeness (QED) is 0.753. The molecule has 0 saturated carbocycles. The summed E-state index contributed by atoms with van der Waals surface area (Å²) in [7, 11) is 1.93. The zero-order valence-electron chi connectivity index (χ0n) is 13.9. The van der Waals surface area contributed by atoms with Crippen molar-refractivity contribution in [2.24, 2.45) is 7.05 Å². The van der Waals surface area contributed by atoms with Crippen molar-refractivity contribution < 1.29 is 4.79 Å². The summed E-state index contributed by atoms with van der Waals surface area (Å²) in [5.41, 5.74) is 1.19. The SMILES string of the molecule is Cn1nccc1N1CCCC(NC(=O)c2n[nH]c3ccc(Cl)cc23)C1. The average Bonchev–Trinajstić information content (AvgIpc) is 3.20. The van der Waals surface area contributed by atoms with Gasteiger partial charge in [-0.05, 0) is 31.0 Å². The van der Waals surface area contributed by atoms with E-state index in [4.69, 9.17) is 11.6 Å². The van der Waals surface area contributed by atoms with Crippen molar-refractivity contribution in [1.82, 2.24) is 25.3 Å². The van der Waals surface area contributed by atoms with E-state index in [1.54, 1.807) is 18.3 Å². The lowest BCUT2D eigenvalue weighted by atomic mass is 10.1. The first-order valence-corrected chi connectivity index (χ1v) is 8.67. The van der Waals surface area contributed by atoms with Crippen LogP contribution in [0.15, 0.2) is 30.5 Å². The lowest BCUT2D eigenvalue weighted by Gasteiger charge is -2.34. The predicted octanol–water partition coefficient (Wildman–Crippen LogP) is 2.35. The first-order valence-electron chi connectivity index (χ1n) is 8.29. The second kappa shape index (κ2) is 6.40. The third-order valence-electron chi connectivity index (χ3n) is 4.62. The van der Waals surface area contributed by atoms with E-state index < -0.39 is 0 Å². The van der Waals surface area contributed by atoms with Gasteiger partial charge in [0, 0.05) is 42.7 Å². The molecule has 1 atom stereocenters. The number of hydrogen-bond acceptors (Lipinski definition) is 4. The molecule has 0 aliphatic carbocycles. The van der Waals surface area contributed by atoms with E-state index in [1.165, 1.54) is 0 Å². The Balaban J connectivity index is 1.50. The van der Waals surface area contributed by atoms with E-state index in [2.05, 4.69) is 25.5 Å². The van der Waals surface area contributed by atoms with Crippen LogP contribution in [-0.4, -0.2) is 45.0 Å². The summed E-state index contributed by atoms with van der Waals surface area (Å²) in [5.74, 6) is 0.890. The van der Waals surface area contributed by atoms with Crippen LogP contribution in [0.3, 0.4) is 0 Å². The molecule has 1 aliphatic heterocycles. The lowest BCUT2D eigenvalue weighted by molar-refractivity contribution is 0.0929. The van der Waals surface area contributed by atoms with Crippen molar-refractivity contribution in [3.8, 4) is 0 Å². The number of fused-ring (bicyclic) bond motifs is 1. The third kappa shape index (κ3) is 3.07. The fourth-order valence-electron chi connectivity index (χ4n) is 3.39. The molecule has 2 aromatic heterocycles. The van der Waals surface area contributed by atoms with Crippen molar-refractivity contribution in [2.45, 2.75) is 18.9 Å². The van der Waals surface area contributed by atoms with E-state index in [-0.39, 0.29) is 11.9 Å². The third-order valence-corrected chi connectivity index (χ3v) is 4.85. The highest BCUT2D eigenvalue weighted by atomic mass is 35.5. The van der Waals surface area contributed by atoms with Gasteiger partial charge < -0.3 is 10.2 Å². The molecule has 3 aromatic rings. The van der Waals surface area contributed by atoms with Crippen LogP contribution in [-0.2, 0) is 7.05 Å². The molecule has 25 heavy (non-hydrogen) atoms. The van der Waals surface area contributed by atoms with E-state index in [1.807, 2.05) is 23.9 Å². The van der Waals surface area contributed by atoms with Crippen LogP contribution in [0.2, 0.25) is 5.02 Å². The molecule has 2 N–H and O–H groups in total. The summed E-state index contributed by atoms with van der Waals surface area (Å²) in [6.07, 6.45) is 3.75. The highest BCUT2D eigenvalue weighted by molar-refractivity contribution is 6.31. The van der Waals surface area contributed by atoms with Crippen LogP contribution in [0, 0.1) is 0 Å². The molecule has 3 heterocycles. The summed E-state index contributed by atoms with van der Waals surface area (Å²) in [6, 6.07) is 7.43. The Morgan fingerprint density at radius 1 is 1.40 bits per heavy atom. The van der Waals surface area contributed by atoms with E-state index in [9.17, 15) is 4.79 Å². The Kier molecular flexibility index (Phi) is 4.09. The Hall–Kier alpha value is -2.54. The van der Waals surface area contributed by atoms with Gasteiger partial charge >= 0.3 is 0 Å². The summed E-state index contributed by atoms with van der Waals surface area (Å²) < 4.78 is 1.85. The standard InChI is InChI=1S/C17H19ClN6O/c1-23-15(6-7-19-23)24-8-2-3-12(10-24)20-17(25)16-13-9-11(18)4-5-14(13)21-22-16/h4-7,9,12H,2-3,8,10H2,1H3,(H,20,25)(H,21,22). The number of carbonyl (C=O) groups excluding carboxylic acids is 1. The molecule has 1 amide bonds. The van der Waals surface area contributed by atoms with Gasteiger partial charge in [0.2, 0.25) is 0 Å². The number of aromatic amines is 1. The fourth-order valence-corrected chi connectivity index (χ4v) is 3.57. The smallest absolute Gasteiger partial charge is 0.272 e. The molecule has 0 spiro atoms. The van der Waals surface area contributed by atoms with Gasteiger partial charge in [-0.25, -0.2) is 0 Å².